The molecule has 0 aromatic heterocycles. The van der Waals surface area contributed by atoms with Crippen molar-refractivity contribution in [2.75, 3.05) is 5.32 Å². The SMILES string of the molecule is O=C(Cc1ccccc1)NC(=S)Nc1cccc(C(=O)O)c1. The number of rotatable bonds is 4. The van der Waals surface area contributed by atoms with Gasteiger partial charge in [-0.1, -0.05) is 36.4 Å². The third-order valence-electron chi connectivity index (χ3n) is 2.83. The molecule has 112 valence electrons. The highest BCUT2D eigenvalue weighted by molar-refractivity contribution is 7.80. The van der Waals surface area contributed by atoms with Crippen LogP contribution in [0.1, 0.15) is 15.9 Å². The van der Waals surface area contributed by atoms with Gasteiger partial charge in [0.05, 0.1) is 12.0 Å². The van der Waals surface area contributed by atoms with Crippen LogP contribution in [0.5, 0.6) is 0 Å². The van der Waals surface area contributed by atoms with E-state index in [4.69, 9.17) is 17.3 Å². The zero-order valence-electron chi connectivity index (χ0n) is 11.6. The molecule has 0 saturated heterocycles. The highest BCUT2D eigenvalue weighted by atomic mass is 32.1. The molecule has 2 rings (SSSR count). The fourth-order valence-electron chi connectivity index (χ4n) is 1.84. The van der Waals surface area contributed by atoms with Crippen molar-refractivity contribution in [2.24, 2.45) is 0 Å². The molecule has 1 amide bonds. The van der Waals surface area contributed by atoms with Gasteiger partial charge in [0.25, 0.3) is 0 Å². The van der Waals surface area contributed by atoms with Gasteiger partial charge in [-0.05, 0) is 36.0 Å². The molecule has 0 aliphatic heterocycles. The number of thiocarbonyl (C=S) groups is 1. The van der Waals surface area contributed by atoms with E-state index in [-0.39, 0.29) is 23.0 Å². The van der Waals surface area contributed by atoms with Crippen molar-refractivity contribution in [3.05, 3.63) is 65.7 Å². The molecule has 2 aromatic rings. The Morgan fingerprint density at radius 3 is 2.45 bits per heavy atom. The molecule has 0 spiro atoms. The molecule has 0 fully saturated rings. The number of benzene rings is 2. The molecule has 2 aromatic carbocycles. The van der Waals surface area contributed by atoms with Gasteiger partial charge in [0.1, 0.15) is 0 Å². The molecule has 6 heteroatoms. The number of aromatic carboxylic acids is 1. The summed E-state index contributed by atoms with van der Waals surface area (Å²) in [4.78, 5) is 22.7. The normalized spacial score (nSPS) is 9.82. The monoisotopic (exact) mass is 314 g/mol. The van der Waals surface area contributed by atoms with Gasteiger partial charge >= 0.3 is 5.97 Å². The summed E-state index contributed by atoms with van der Waals surface area (Å²) >= 11 is 5.05. The summed E-state index contributed by atoms with van der Waals surface area (Å²) in [5.74, 6) is -1.26. The number of carbonyl (C=O) groups excluding carboxylic acids is 1. The fraction of sp³-hybridized carbons (Fsp3) is 0.0625. The average Bonchev–Trinajstić information content (AvgIpc) is 2.48. The first kappa shape index (κ1) is 15.7. The number of carboxylic acid groups (broad SMARTS) is 1. The van der Waals surface area contributed by atoms with E-state index in [1.807, 2.05) is 30.3 Å². The molecule has 0 aliphatic carbocycles. The van der Waals surface area contributed by atoms with Gasteiger partial charge in [0.15, 0.2) is 5.11 Å². The van der Waals surface area contributed by atoms with Crippen molar-refractivity contribution in [1.82, 2.24) is 5.32 Å². The predicted octanol–water partition coefficient (Wildman–Crippen LogP) is 2.44. The number of carbonyl (C=O) groups is 2. The number of amides is 1. The molecule has 3 N–H and O–H groups in total. The second kappa shape index (κ2) is 7.33. The third-order valence-corrected chi connectivity index (χ3v) is 3.03. The van der Waals surface area contributed by atoms with Gasteiger partial charge in [-0.25, -0.2) is 4.79 Å². The number of hydrogen-bond acceptors (Lipinski definition) is 3. The van der Waals surface area contributed by atoms with Crippen LogP contribution in [0.2, 0.25) is 0 Å². The van der Waals surface area contributed by atoms with E-state index in [2.05, 4.69) is 10.6 Å². The molecule has 22 heavy (non-hydrogen) atoms. The van der Waals surface area contributed by atoms with Crippen LogP contribution in [0.15, 0.2) is 54.6 Å². The maximum atomic E-state index is 11.9. The number of hydrogen-bond donors (Lipinski definition) is 3. The minimum absolute atomic E-state index is 0.128. The van der Waals surface area contributed by atoms with Crippen LogP contribution < -0.4 is 10.6 Å². The van der Waals surface area contributed by atoms with Gasteiger partial charge in [-0.3, -0.25) is 4.79 Å². The van der Waals surface area contributed by atoms with Crippen LogP contribution in [0.4, 0.5) is 5.69 Å². The van der Waals surface area contributed by atoms with Gasteiger partial charge in [0.2, 0.25) is 5.91 Å². The van der Waals surface area contributed by atoms with E-state index in [9.17, 15) is 9.59 Å². The van der Waals surface area contributed by atoms with Crippen molar-refractivity contribution in [3.63, 3.8) is 0 Å². The van der Waals surface area contributed by atoms with Crippen LogP contribution in [-0.2, 0) is 11.2 Å². The summed E-state index contributed by atoms with van der Waals surface area (Å²) in [6, 6.07) is 15.5. The Morgan fingerprint density at radius 1 is 1.05 bits per heavy atom. The molecule has 0 saturated carbocycles. The third kappa shape index (κ3) is 4.68. The molecule has 0 radical (unpaired) electrons. The van der Waals surface area contributed by atoms with Crippen molar-refractivity contribution >= 4 is 34.9 Å². The highest BCUT2D eigenvalue weighted by Gasteiger charge is 2.07. The minimum Gasteiger partial charge on any atom is -0.478 e. The number of carboxylic acids is 1. The Labute approximate surface area is 133 Å². The first-order chi connectivity index (χ1) is 10.5. The Balaban J connectivity index is 1.91. The Morgan fingerprint density at radius 2 is 1.77 bits per heavy atom. The summed E-state index contributed by atoms with van der Waals surface area (Å²) in [6.45, 7) is 0. The number of nitrogens with one attached hydrogen (secondary N) is 2. The lowest BCUT2D eigenvalue weighted by molar-refractivity contribution is -0.119. The van der Waals surface area contributed by atoms with Crippen LogP contribution in [0, 0.1) is 0 Å². The van der Waals surface area contributed by atoms with Crippen molar-refractivity contribution in [3.8, 4) is 0 Å². The van der Waals surface area contributed by atoms with E-state index in [0.717, 1.165) is 5.56 Å². The topological polar surface area (TPSA) is 78.4 Å². The second-order valence-electron chi connectivity index (χ2n) is 4.55. The average molecular weight is 314 g/mol. The molecule has 5 nitrogen and oxygen atoms in total. The largest absolute Gasteiger partial charge is 0.478 e. The summed E-state index contributed by atoms with van der Waals surface area (Å²) in [5, 5.41) is 14.4. The summed E-state index contributed by atoms with van der Waals surface area (Å²) in [6.07, 6.45) is 0.220. The first-order valence-electron chi connectivity index (χ1n) is 6.53. The van der Waals surface area contributed by atoms with Crippen molar-refractivity contribution in [2.45, 2.75) is 6.42 Å². The van der Waals surface area contributed by atoms with E-state index < -0.39 is 5.97 Å². The maximum Gasteiger partial charge on any atom is 0.335 e. The molecular weight excluding hydrogens is 300 g/mol. The summed E-state index contributed by atoms with van der Waals surface area (Å²) in [7, 11) is 0. The molecule has 0 unspecified atom stereocenters. The smallest absolute Gasteiger partial charge is 0.335 e. The van der Waals surface area contributed by atoms with E-state index in [1.54, 1.807) is 12.1 Å². The van der Waals surface area contributed by atoms with Gasteiger partial charge < -0.3 is 15.7 Å². The quantitative estimate of drug-likeness (QED) is 0.756. The molecular formula is C16H14N2O3S. The summed E-state index contributed by atoms with van der Waals surface area (Å²) in [5.41, 5.74) is 1.53. The highest BCUT2D eigenvalue weighted by Crippen LogP contribution is 2.10. The van der Waals surface area contributed by atoms with Crippen LogP contribution in [0.3, 0.4) is 0 Å². The Kier molecular flexibility index (Phi) is 5.21. The minimum atomic E-state index is -1.03. The van der Waals surface area contributed by atoms with E-state index in [1.165, 1.54) is 12.1 Å². The summed E-state index contributed by atoms with van der Waals surface area (Å²) < 4.78 is 0. The maximum absolute atomic E-state index is 11.9. The lowest BCUT2D eigenvalue weighted by atomic mass is 10.1. The zero-order chi connectivity index (χ0) is 15.9. The standard InChI is InChI=1S/C16H14N2O3S/c19-14(9-11-5-2-1-3-6-11)18-16(22)17-13-8-4-7-12(10-13)15(20)21/h1-8,10H,9H2,(H,20,21)(H2,17,18,19,22). The Hall–Kier alpha value is -2.73. The predicted molar refractivity (Wildman–Crippen MR) is 87.9 cm³/mol. The molecule has 0 atom stereocenters. The molecule has 0 bridgehead atoms. The van der Waals surface area contributed by atoms with Gasteiger partial charge in [0, 0.05) is 5.69 Å². The van der Waals surface area contributed by atoms with Crippen molar-refractivity contribution in [1.29, 1.82) is 0 Å². The second-order valence-corrected chi connectivity index (χ2v) is 4.96. The van der Waals surface area contributed by atoms with Crippen LogP contribution in [-0.4, -0.2) is 22.1 Å². The van der Waals surface area contributed by atoms with Crippen molar-refractivity contribution < 1.29 is 14.7 Å². The fourth-order valence-corrected chi connectivity index (χ4v) is 2.08. The zero-order valence-corrected chi connectivity index (χ0v) is 12.4. The van der Waals surface area contributed by atoms with Crippen LogP contribution in [0.25, 0.3) is 0 Å². The molecule has 0 aliphatic rings. The molecule has 0 heterocycles. The lowest BCUT2D eigenvalue weighted by Crippen LogP contribution is -2.35. The number of anilines is 1. The lowest BCUT2D eigenvalue weighted by Gasteiger charge is -2.10. The van der Waals surface area contributed by atoms with Crippen LogP contribution >= 0.6 is 12.2 Å². The van der Waals surface area contributed by atoms with Gasteiger partial charge in [-0.2, -0.15) is 0 Å². The van der Waals surface area contributed by atoms with Gasteiger partial charge in [-0.15, -0.1) is 0 Å². The van der Waals surface area contributed by atoms with E-state index >= 15 is 0 Å². The first-order valence-corrected chi connectivity index (χ1v) is 6.93. The Bertz CT molecular complexity index is 702. The van der Waals surface area contributed by atoms with E-state index in [0.29, 0.717) is 5.69 Å².